The maximum absolute atomic E-state index is 13.6. The third-order valence-corrected chi connectivity index (χ3v) is 13.3. The van der Waals surface area contributed by atoms with Gasteiger partial charge in [0.2, 0.25) is 0 Å². The molecule has 0 spiro atoms. The second-order valence-corrected chi connectivity index (χ2v) is 18.7. The molecule has 1 aromatic carbocycles. The third-order valence-electron chi connectivity index (χ3n) is 13.3. The first-order chi connectivity index (χ1) is 29.7. The summed E-state index contributed by atoms with van der Waals surface area (Å²) >= 11 is 0. The number of halogens is 3. The first-order valence-corrected chi connectivity index (χ1v) is 22.3. The number of pyridine rings is 1. The molecule has 14 atom stereocenters. The molecule has 0 aliphatic carbocycles. The molecule has 0 bridgehead atoms. The Bertz CT molecular complexity index is 1860. The number of hydrogen-bond donors (Lipinski definition) is 7. The van der Waals surface area contributed by atoms with Gasteiger partial charge in [0.15, 0.2) is 6.29 Å². The predicted molar refractivity (Wildman–Crippen MR) is 235 cm³/mol. The number of amides is 1. The number of ether oxygens (including phenoxy) is 3. The summed E-state index contributed by atoms with van der Waals surface area (Å²) in [6.45, 7) is 15.8. The fraction of sp³-hybridized carbons (Fsp3) is 0.717. The summed E-state index contributed by atoms with van der Waals surface area (Å²) in [5, 5.41) is 64.4. The van der Waals surface area contributed by atoms with Crippen molar-refractivity contribution in [1.82, 2.24) is 20.1 Å². The van der Waals surface area contributed by atoms with Crippen molar-refractivity contribution in [2.24, 2.45) is 17.8 Å². The molecule has 2 aliphatic rings. The van der Waals surface area contributed by atoms with E-state index in [9.17, 15) is 48.3 Å². The number of carbonyl (C=O) groups is 2. The summed E-state index contributed by atoms with van der Waals surface area (Å²) < 4.78 is 59.2. The minimum atomic E-state index is -4.55. The predicted octanol–water partition coefficient (Wildman–Crippen LogP) is 4.63. The Morgan fingerprint density at radius 3 is 2.38 bits per heavy atom. The smallest absolute Gasteiger partial charge is 0.416 e. The molecule has 4 rings (SSSR count). The largest absolute Gasteiger partial charge is 0.459 e. The number of alkyl halides is 3. The number of cyclic esters (lactones) is 1. The van der Waals surface area contributed by atoms with E-state index < -0.39 is 102 Å². The summed E-state index contributed by atoms with van der Waals surface area (Å²) in [4.78, 5) is 34.9. The molecule has 2 aliphatic heterocycles. The van der Waals surface area contributed by atoms with Crippen LogP contribution in [0, 0.1) is 24.7 Å². The van der Waals surface area contributed by atoms with Crippen molar-refractivity contribution in [2.45, 2.75) is 160 Å². The number of esters is 1. The van der Waals surface area contributed by atoms with E-state index in [0.717, 1.165) is 6.07 Å². The molecular formula is C46H72F3N5O10. The Labute approximate surface area is 375 Å². The monoisotopic (exact) mass is 912 g/mol. The fourth-order valence-electron chi connectivity index (χ4n) is 9.35. The Morgan fingerprint density at radius 2 is 1.73 bits per heavy atom. The molecule has 2 aromatic rings. The van der Waals surface area contributed by atoms with Crippen molar-refractivity contribution >= 4 is 23.4 Å². The highest BCUT2D eigenvalue weighted by Crippen LogP contribution is 2.38. The molecular weight excluding hydrogens is 840 g/mol. The number of likely N-dealkylation sites (N-methyl/N-ethyl adjacent to an activating group) is 2. The van der Waals surface area contributed by atoms with Crippen molar-refractivity contribution < 1.29 is 62.5 Å². The van der Waals surface area contributed by atoms with Crippen LogP contribution >= 0.6 is 0 Å². The van der Waals surface area contributed by atoms with Crippen molar-refractivity contribution in [3.8, 4) is 0 Å². The number of rotatable bonds is 11. The number of nitrogens with one attached hydrogen (secondary N) is 2. The standard InChI is InChI=1S/C46H72F3N5O10/c1-12-35-45(9,61)38(57)30(7)54(11)24-25(2)23-44(8,60)39(28(5)36(55)29(6)42(59)63-35)64-43-37(56)34(22-26(3)62-43)53(10)21-15-20-51-41(58)31-16-14-19-50-40(31)52-33-18-13-17-32(27(33)4)46(47,48)49/h13-14,16-19,25-26,28-30,34-39,43,55-57,60-61H,12,15,20-24H2,1-11H3,(H,50,52)(H,51,58)/t25-,26+,28+,29-,30-,34-,35-,36-,37+,38-,39-,43-,44+,45+/m0/s1. The Kier molecular flexibility index (Phi) is 18.2. The molecule has 2 fully saturated rings. The van der Waals surface area contributed by atoms with E-state index in [4.69, 9.17) is 14.2 Å². The van der Waals surface area contributed by atoms with Crippen LogP contribution in [0.3, 0.4) is 0 Å². The van der Waals surface area contributed by atoms with Crippen LogP contribution in [0.2, 0.25) is 0 Å². The van der Waals surface area contributed by atoms with Crippen molar-refractivity contribution in [3.05, 3.63) is 53.2 Å². The number of aromatic nitrogens is 1. The van der Waals surface area contributed by atoms with Crippen LogP contribution in [-0.4, -0.2) is 152 Å². The minimum absolute atomic E-state index is 0.0326. The van der Waals surface area contributed by atoms with Crippen molar-refractivity contribution in [2.75, 3.05) is 39.0 Å². The summed E-state index contributed by atoms with van der Waals surface area (Å²) in [5.74, 6) is -3.43. The molecule has 0 unspecified atom stereocenters. The summed E-state index contributed by atoms with van der Waals surface area (Å²) in [7, 11) is 3.62. The zero-order chi connectivity index (χ0) is 48.1. The minimum Gasteiger partial charge on any atom is -0.459 e. The van der Waals surface area contributed by atoms with Crippen LogP contribution in [0.5, 0.6) is 0 Å². The maximum Gasteiger partial charge on any atom is 0.416 e. The molecule has 15 nitrogen and oxygen atoms in total. The summed E-state index contributed by atoms with van der Waals surface area (Å²) in [6, 6.07) is 5.76. The lowest BCUT2D eigenvalue weighted by molar-refractivity contribution is -0.299. The van der Waals surface area contributed by atoms with Gasteiger partial charge in [-0.15, -0.1) is 0 Å². The first kappa shape index (κ1) is 53.2. The van der Waals surface area contributed by atoms with Crippen LogP contribution in [0.1, 0.15) is 103 Å². The lowest BCUT2D eigenvalue weighted by atomic mass is 9.78. The van der Waals surface area contributed by atoms with E-state index in [1.807, 2.05) is 30.7 Å². The van der Waals surface area contributed by atoms with Gasteiger partial charge in [-0.1, -0.05) is 26.8 Å². The third kappa shape index (κ3) is 12.7. The lowest BCUT2D eigenvalue weighted by Crippen LogP contribution is -2.59. The zero-order valence-electron chi connectivity index (χ0n) is 39.1. The van der Waals surface area contributed by atoms with Gasteiger partial charge < -0.3 is 60.2 Å². The number of benzene rings is 1. The fourth-order valence-corrected chi connectivity index (χ4v) is 9.35. The van der Waals surface area contributed by atoms with Gasteiger partial charge >= 0.3 is 12.1 Å². The van der Waals surface area contributed by atoms with Crippen LogP contribution in [0.25, 0.3) is 0 Å². The average Bonchev–Trinajstić information content (AvgIpc) is 3.22. The molecule has 1 amide bonds. The van der Waals surface area contributed by atoms with E-state index in [-0.39, 0.29) is 47.9 Å². The van der Waals surface area contributed by atoms with E-state index in [2.05, 4.69) is 15.6 Å². The normalized spacial score (nSPS) is 35.3. The SMILES string of the molecule is CC[C@@H]1OC(=O)[C@@H](C)[C@@H](O)[C@@H](C)[C@H](O[C@@H]2O[C@H](C)C[C@H](N(C)CCCNC(=O)c3cccnc3Nc3cccc(C(F)(F)F)c3C)[C@H]2O)[C@](C)(O)C[C@H](C)CN(C)[C@@H](C)[C@H](O)[C@]1(C)O. The number of aliphatic hydroxyl groups is 5. The van der Waals surface area contributed by atoms with Crippen LogP contribution < -0.4 is 10.6 Å². The van der Waals surface area contributed by atoms with E-state index in [1.165, 1.54) is 45.2 Å². The lowest BCUT2D eigenvalue weighted by Gasteiger charge is -2.47. The van der Waals surface area contributed by atoms with Gasteiger partial charge in [0, 0.05) is 43.0 Å². The zero-order valence-corrected chi connectivity index (χ0v) is 39.1. The molecule has 362 valence electrons. The Morgan fingerprint density at radius 1 is 1.06 bits per heavy atom. The topological polar surface area (TPSA) is 206 Å². The van der Waals surface area contributed by atoms with Gasteiger partial charge in [0.25, 0.3) is 5.91 Å². The summed E-state index contributed by atoms with van der Waals surface area (Å²) in [6.07, 6.45) is -9.76. The highest BCUT2D eigenvalue weighted by atomic mass is 19.4. The van der Waals surface area contributed by atoms with Gasteiger partial charge in [-0.2, -0.15) is 13.2 Å². The number of anilines is 2. The number of aliphatic hydroxyl groups excluding tert-OH is 3. The second kappa shape index (κ2) is 21.9. The van der Waals surface area contributed by atoms with Crippen molar-refractivity contribution in [3.63, 3.8) is 0 Å². The van der Waals surface area contributed by atoms with Gasteiger partial charge in [-0.3, -0.25) is 9.59 Å². The highest BCUT2D eigenvalue weighted by Gasteiger charge is 2.50. The van der Waals surface area contributed by atoms with Gasteiger partial charge in [-0.25, -0.2) is 4.98 Å². The average molecular weight is 912 g/mol. The van der Waals surface area contributed by atoms with Gasteiger partial charge in [0.1, 0.15) is 29.7 Å². The molecule has 2 saturated heterocycles. The molecule has 0 saturated carbocycles. The molecule has 64 heavy (non-hydrogen) atoms. The molecule has 3 heterocycles. The molecule has 7 N–H and O–H groups in total. The van der Waals surface area contributed by atoms with E-state index >= 15 is 0 Å². The summed E-state index contributed by atoms with van der Waals surface area (Å²) in [5.41, 5.74) is -3.98. The second-order valence-electron chi connectivity index (χ2n) is 18.7. The molecule has 1 aromatic heterocycles. The van der Waals surface area contributed by atoms with E-state index in [1.54, 1.807) is 40.8 Å². The Balaban J connectivity index is 1.47. The molecule has 18 heteroatoms. The van der Waals surface area contributed by atoms with Crippen LogP contribution in [0.4, 0.5) is 24.7 Å². The number of nitrogens with zero attached hydrogens (tertiary/aromatic N) is 3. The van der Waals surface area contributed by atoms with Crippen LogP contribution in [-0.2, 0) is 25.2 Å². The first-order valence-electron chi connectivity index (χ1n) is 22.3. The number of hydrogen-bond acceptors (Lipinski definition) is 14. The van der Waals surface area contributed by atoms with Crippen molar-refractivity contribution in [1.29, 1.82) is 0 Å². The number of carbonyl (C=O) groups excluding carboxylic acids is 2. The quantitative estimate of drug-likeness (QED) is 0.121. The highest BCUT2D eigenvalue weighted by molar-refractivity contribution is 5.99. The van der Waals surface area contributed by atoms with Crippen LogP contribution in [0.15, 0.2) is 36.5 Å². The van der Waals surface area contributed by atoms with Gasteiger partial charge in [-0.05, 0) is 124 Å². The Hall–Kier alpha value is -3.46. The maximum atomic E-state index is 13.6. The van der Waals surface area contributed by atoms with E-state index in [0.29, 0.717) is 25.9 Å². The van der Waals surface area contributed by atoms with Gasteiger partial charge in [0.05, 0.1) is 41.0 Å². The molecule has 0 radical (unpaired) electrons.